The van der Waals surface area contributed by atoms with Gasteiger partial charge in [-0.25, -0.2) is 0 Å². The third-order valence-electron chi connectivity index (χ3n) is 3.98. The van der Waals surface area contributed by atoms with E-state index in [1.165, 1.54) is 27.8 Å². The lowest BCUT2D eigenvalue weighted by Crippen LogP contribution is -1.83. The normalized spacial score (nSPS) is 14.0. The molecule has 1 aliphatic rings. The molecule has 0 heterocycles. The average molecular weight is 368 g/mol. The van der Waals surface area contributed by atoms with Gasteiger partial charge in [0.25, 0.3) is 0 Å². The smallest absolute Gasteiger partial charge is 0.0478 e. The molecule has 0 radical (unpaired) electrons. The van der Waals surface area contributed by atoms with Gasteiger partial charge in [0.2, 0.25) is 0 Å². The summed E-state index contributed by atoms with van der Waals surface area (Å²) in [7, 11) is 0. The van der Waals surface area contributed by atoms with E-state index < -0.39 is 0 Å². The highest BCUT2D eigenvalue weighted by molar-refractivity contribution is 9.10. The first kappa shape index (κ1) is 13.8. The van der Waals surface area contributed by atoms with E-state index >= 15 is 0 Å². The van der Waals surface area contributed by atoms with Crippen molar-refractivity contribution < 1.29 is 0 Å². The van der Waals surface area contributed by atoms with Crippen molar-refractivity contribution >= 4 is 39.2 Å². The molecular weight excluding hydrogens is 356 g/mol. The van der Waals surface area contributed by atoms with Crippen molar-refractivity contribution in [2.24, 2.45) is 0 Å². The molecule has 0 aliphatic heterocycles. The van der Waals surface area contributed by atoms with Crippen LogP contribution in [0.3, 0.4) is 0 Å². The van der Waals surface area contributed by atoms with Crippen LogP contribution in [0, 0.1) is 0 Å². The van der Waals surface area contributed by atoms with Crippen LogP contribution in [-0.4, -0.2) is 0 Å². The maximum absolute atomic E-state index is 6.33. The Labute approximate surface area is 143 Å². The zero-order chi connectivity index (χ0) is 15.1. The van der Waals surface area contributed by atoms with E-state index in [2.05, 4.69) is 64.5 Å². The van der Waals surface area contributed by atoms with Crippen molar-refractivity contribution in [3.63, 3.8) is 0 Å². The number of rotatable bonds is 1. The van der Waals surface area contributed by atoms with Crippen LogP contribution in [0.5, 0.6) is 0 Å². The maximum Gasteiger partial charge on any atom is 0.0478 e. The van der Waals surface area contributed by atoms with E-state index in [0.717, 1.165) is 15.1 Å². The first-order valence-corrected chi connectivity index (χ1v) is 8.27. The molecule has 0 spiro atoms. The summed E-state index contributed by atoms with van der Waals surface area (Å²) in [5.74, 6) is 0. The molecule has 0 amide bonds. The summed E-state index contributed by atoms with van der Waals surface area (Å²) in [5.41, 5.74) is 7.33. The summed E-state index contributed by atoms with van der Waals surface area (Å²) in [6.45, 7) is 0. The SMILES string of the molecule is Clc1ccccc1C=C1c2ccccc2-c2ccc(Br)cc21. The number of hydrogen-bond acceptors (Lipinski definition) is 0. The number of hydrogen-bond donors (Lipinski definition) is 0. The second-order valence-corrected chi connectivity index (χ2v) is 6.64. The molecule has 0 atom stereocenters. The molecule has 0 fully saturated rings. The van der Waals surface area contributed by atoms with E-state index in [0.29, 0.717) is 0 Å². The van der Waals surface area contributed by atoms with Crippen LogP contribution in [0.25, 0.3) is 22.8 Å². The summed E-state index contributed by atoms with van der Waals surface area (Å²) in [4.78, 5) is 0. The molecule has 0 saturated heterocycles. The van der Waals surface area contributed by atoms with Gasteiger partial charge in [0.05, 0.1) is 0 Å². The Morgan fingerprint density at radius 3 is 2.23 bits per heavy atom. The predicted octanol–water partition coefficient (Wildman–Crippen LogP) is 6.67. The third-order valence-corrected chi connectivity index (χ3v) is 4.82. The second-order valence-electron chi connectivity index (χ2n) is 5.32. The number of halogens is 2. The molecule has 0 nitrogen and oxygen atoms in total. The average Bonchev–Trinajstić information content (AvgIpc) is 2.83. The van der Waals surface area contributed by atoms with Crippen LogP contribution in [-0.2, 0) is 0 Å². The first-order valence-electron chi connectivity index (χ1n) is 7.10. The molecule has 0 saturated carbocycles. The Morgan fingerprint density at radius 2 is 1.41 bits per heavy atom. The molecule has 0 N–H and O–H groups in total. The monoisotopic (exact) mass is 366 g/mol. The van der Waals surface area contributed by atoms with E-state index in [9.17, 15) is 0 Å². The summed E-state index contributed by atoms with van der Waals surface area (Å²) in [5, 5.41) is 0.774. The van der Waals surface area contributed by atoms with Gasteiger partial charge in [-0.3, -0.25) is 0 Å². The Bertz CT molecular complexity index is 909. The zero-order valence-corrected chi connectivity index (χ0v) is 14.0. The van der Waals surface area contributed by atoms with Gasteiger partial charge in [0, 0.05) is 9.50 Å². The van der Waals surface area contributed by atoms with Gasteiger partial charge in [-0.05, 0) is 57.7 Å². The van der Waals surface area contributed by atoms with Crippen molar-refractivity contribution in [2.75, 3.05) is 0 Å². The molecule has 0 unspecified atom stereocenters. The van der Waals surface area contributed by atoms with Crippen LogP contribution in [0.2, 0.25) is 5.02 Å². The van der Waals surface area contributed by atoms with Crippen molar-refractivity contribution in [3.05, 3.63) is 92.9 Å². The summed E-state index contributed by atoms with van der Waals surface area (Å²) >= 11 is 9.92. The minimum absolute atomic E-state index is 0.774. The van der Waals surface area contributed by atoms with Crippen molar-refractivity contribution in [1.82, 2.24) is 0 Å². The quantitative estimate of drug-likeness (QED) is 0.352. The predicted molar refractivity (Wildman–Crippen MR) is 98.0 cm³/mol. The topological polar surface area (TPSA) is 0 Å². The van der Waals surface area contributed by atoms with Crippen molar-refractivity contribution in [2.45, 2.75) is 0 Å². The molecule has 0 bridgehead atoms. The van der Waals surface area contributed by atoms with Crippen LogP contribution in [0.1, 0.15) is 16.7 Å². The van der Waals surface area contributed by atoms with E-state index in [1.54, 1.807) is 0 Å². The largest absolute Gasteiger partial charge is 0.0837 e. The first-order chi connectivity index (χ1) is 10.7. The van der Waals surface area contributed by atoms with Gasteiger partial charge in [-0.15, -0.1) is 0 Å². The number of fused-ring (bicyclic) bond motifs is 3. The van der Waals surface area contributed by atoms with Gasteiger partial charge in [0.15, 0.2) is 0 Å². The highest BCUT2D eigenvalue weighted by atomic mass is 79.9. The molecular formula is C20H12BrCl. The molecule has 3 aromatic rings. The fourth-order valence-electron chi connectivity index (χ4n) is 2.98. The summed E-state index contributed by atoms with van der Waals surface area (Å²) in [6, 6.07) is 22.9. The lowest BCUT2D eigenvalue weighted by atomic mass is 10.0. The lowest BCUT2D eigenvalue weighted by Gasteiger charge is -2.05. The van der Waals surface area contributed by atoms with Gasteiger partial charge in [-0.1, -0.05) is 76.1 Å². The van der Waals surface area contributed by atoms with Gasteiger partial charge in [-0.2, -0.15) is 0 Å². The second kappa shape index (κ2) is 5.42. The van der Waals surface area contributed by atoms with Crippen LogP contribution in [0.15, 0.2) is 71.2 Å². The Hall–Kier alpha value is -1.83. The lowest BCUT2D eigenvalue weighted by molar-refractivity contribution is 1.61. The summed E-state index contributed by atoms with van der Waals surface area (Å²) in [6.07, 6.45) is 2.18. The zero-order valence-electron chi connectivity index (χ0n) is 11.7. The van der Waals surface area contributed by atoms with Crippen LogP contribution in [0.4, 0.5) is 0 Å². The molecule has 2 heteroatoms. The van der Waals surface area contributed by atoms with Gasteiger partial charge in [0.1, 0.15) is 0 Å². The molecule has 22 heavy (non-hydrogen) atoms. The number of benzene rings is 3. The molecule has 106 valence electrons. The van der Waals surface area contributed by atoms with Gasteiger partial charge < -0.3 is 0 Å². The van der Waals surface area contributed by atoms with E-state index in [-0.39, 0.29) is 0 Å². The summed E-state index contributed by atoms with van der Waals surface area (Å²) < 4.78 is 1.09. The third kappa shape index (κ3) is 2.22. The van der Waals surface area contributed by atoms with Gasteiger partial charge >= 0.3 is 0 Å². The molecule has 3 aromatic carbocycles. The fourth-order valence-corrected chi connectivity index (χ4v) is 3.53. The van der Waals surface area contributed by atoms with Crippen molar-refractivity contribution in [1.29, 1.82) is 0 Å². The Balaban J connectivity index is 2.00. The van der Waals surface area contributed by atoms with Crippen molar-refractivity contribution in [3.8, 4) is 11.1 Å². The fraction of sp³-hybridized carbons (Fsp3) is 0. The molecule has 0 aromatic heterocycles. The molecule has 1 aliphatic carbocycles. The highest BCUT2D eigenvalue weighted by Gasteiger charge is 2.23. The highest BCUT2D eigenvalue weighted by Crippen LogP contribution is 2.46. The minimum Gasteiger partial charge on any atom is -0.0837 e. The maximum atomic E-state index is 6.33. The van der Waals surface area contributed by atoms with Crippen LogP contribution >= 0.6 is 27.5 Å². The van der Waals surface area contributed by atoms with E-state index in [1.807, 2.05) is 24.3 Å². The van der Waals surface area contributed by atoms with E-state index in [4.69, 9.17) is 11.6 Å². The molecule has 4 rings (SSSR count). The standard InChI is InChI=1S/C20H12BrCl/c21-14-9-10-17-15-6-2-3-7-16(15)18(19(17)12-14)11-13-5-1-4-8-20(13)22/h1-12H. The Morgan fingerprint density at radius 1 is 0.727 bits per heavy atom. The minimum atomic E-state index is 0.774. The Kier molecular flexibility index (Phi) is 3.40. The van der Waals surface area contributed by atoms with Crippen LogP contribution < -0.4 is 0 Å².